The fourth-order valence-corrected chi connectivity index (χ4v) is 3.11. The highest BCUT2D eigenvalue weighted by Crippen LogP contribution is 2.37. The molecule has 0 spiro atoms. The molecule has 0 aliphatic carbocycles. The lowest BCUT2D eigenvalue weighted by molar-refractivity contribution is -0.0316. The Bertz CT molecular complexity index is 807. The molecule has 1 aliphatic rings. The van der Waals surface area contributed by atoms with Crippen LogP contribution in [0, 0.1) is 0 Å². The van der Waals surface area contributed by atoms with E-state index in [1.807, 2.05) is 0 Å². The largest absolute Gasteiger partial charge is 0.388 e. The number of ether oxygens (including phenoxy) is 1. The zero-order valence-electron chi connectivity index (χ0n) is 11.3. The normalized spacial score (nSPS) is 27.3. The van der Waals surface area contributed by atoms with Crippen LogP contribution in [0.3, 0.4) is 0 Å². The van der Waals surface area contributed by atoms with Gasteiger partial charge in [-0.05, 0) is 29.3 Å². The average molecular weight is 379 g/mol. The molecule has 1 fully saturated rings. The van der Waals surface area contributed by atoms with Gasteiger partial charge in [-0.2, -0.15) is 0 Å². The second-order valence-corrected chi connectivity index (χ2v) is 6.12. The molecule has 1 aromatic heterocycles. The van der Waals surface area contributed by atoms with Crippen LogP contribution in [0.5, 0.6) is 0 Å². The number of azide groups is 1. The van der Waals surface area contributed by atoms with Crippen LogP contribution in [0.2, 0.25) is 15.3 Å². The van der Waals surface area contributed by atoms with Crippen molar-refractivity contribution in [2.24, 2.45) is 5.11 Å². The molecular formula is C12H10Cl3N5O3. The first-order chi connectivity index (χ1) is 10.9. The summed E-state index contributed by atoms with van der Waals surface area (Å²) in [6, 6.07) is 3.08. The number of rotatable bonds is 3. The summed E-state index contributed by atoms with van der Waals surface area (Å²) in [6.07, 6.45) is -4.37. The maximum Gasteiger partial charge on any atom is 0.206 e. The fraction of sp³-hybridized carbons (Fsp3) is 0.417. The van der Waals surface area contributed by atoms with Crippen molar-refractivity contribution in [2.75, 3.05) is 6.54 Å². The molecule has 122 valence electrons. The van der Waals surface area contributed by atoms with Crippen LogP contribution in [0.1, 0.15) is 6.23 Å². The van der Waals surface area contributed by atoms with Crippen LogP contribution < -0.4 is 0 Å². The van der Waals surface area contributed by atoms with Gasteiger partial charge in [-0.3, -0.25) is 4.57 Å². The van der Waals surface area contributed by atoms with E-state index in [0.717, 1.165) is 0 Å². The monoisotopic (exact) mass is 377 g/mol. The fourth-order valence-electron chi connectivity index (χ4n) is 2.51. The van der Waals surface area contributed by atoms with E-state index in [9.17, 15) is 10.2 Å². The van der Waals surface area contributed by atoms with Crippen LogP contribution in [-0.4, -0.2) is 44.6 Å². The topological polar surface area (TPSA) is 116 Å². The molecule has 0 saturated carbocycles. The molecule has 8 nitrogen and oxygen atoms in total. The number of aromatic nitrogens is 2. The summed E-state index contributed by atoms with van der Waals surface area (Å²) < 4.78 is 6.99. The quantitative estimate of drug-likeness (QED) is 0.485. The molecule has 11 heteroatoms. The van der Waals surface area contributed by atoms with E-state index in [1.165, 1.54) is 10.6 Å². The molecule has 1 aromatic carbocycles. The highest BCUT2D eigenvalue weighted by atomic mass is 35.5. The first-order valence-corrected chi connectivity index (χ1v) is 7.62. The molecule has 0 radical (unpaired) electrons. The van der Waals surface area contributed by atoms with Crippen molar-refractivity contribution < 1.29 is 14.9 Å². The second kappa shape index (κ2) is 6.33. The third-order valence-corrected chi connectivity index (χ3v) is 4.59. The first-order valence-electron chi connectivity index (χ1n) is 6.49. The van der Waals surface area contributed by atoms with Crippen molar-refractivity contribution in [2.45, 2.75) is 24.5 Å². The Morgan fingerprint density at radius 2 is 1.96 bits per heavy atom. The summed E-state index contributed by atoms with van der Waals surface area (Å²) in [7, 11) is 0. The number of aliphatic hydroxyl groups is 2. The zero-order chi connectivity index (χ0) is 16.7. The average Bonchev–Trinajstić information content (AvgIpc) is 2.95. The summed E-state index contributed by atoms with van der Waals surface area (Å²) in [6.45, 7) is -0.123. The van der Waals surface area contributed by atoms with E-state index in [-0.39, 0.29) is 16.9 Å². The zero-order valence-corrected chi connectivity index (χ0v) is 13.6. The van der Waals surface area contributed by atoms with E-state index in [0.29, 0.717) is 16.1 Å². The Balaban J connectivity index is 2.04. The number of imidazole rings is 1. The number of aliphatic hydroxyl groups excluding tert-OH is 2. The van der Waals surface area contributed by atoms with E-state index in [4.69, 9.17) is 45.1 Å². The van der Waals surface area contributed by atoms with E-state index in [1.54, 1.807) is 6.07 Å². The van der Waals surface area contributed by atoms with Gasteiger partial charge >= 0.3 is 0 Å². The van der Waals surface area contributed by atoms with Gasteiger partial charge in [0.05, 0.1) is 33.7 Å². The summed E-state index contributed by atoms with van der Waals surface area (Å²) in [5, 5.41) is 24.3. The second-order valence-electron chi connectivity index (χ2n) is 4.97. The van der Waals surface area contributed by atoms with Crippen LogP contribution in [0.4, 0.5) is 0 Å². The SMILES string of the molecule is [N-]=[N+]=NC[C@H]1O[C@@H](n2c(Cl)nc3cc(Cl)c(Cl)cc32)[C@H](O)[C@@H]1O. The number of benzene rings is 1. The summed E-state index contributed by atoms with van der Waals surface area (Å²) in [4.78, 5) is 6.75. The first kappa shape index (κ1) is 16.6. The van der Waals surface area contributed by atoms with E-state index >= 15 is 0 Å². The van der Waals surface area contributed by atoms with Crippen molar-refractivity contribution in [3.63, 3.8) is 0 Å². The third kappa shape index (κ3) is 2.83. The van der Waals surface area contributed by atoms with Crippen LogP contribution in [-0.2, 0) is 4.74 Å². The molecule has 0 amide bonds. The minimum Gasteiger partial charge on any atom is -0.388 e. The van der Waals surface area contributed by atoms with Crippen LogP contribution >= 0.6 is 34.8 Å². The van der Waals surface area contributed by atoms with Gasteiger partial charge in [0.25, 0.3) is 0 Å². The lowest BCUT2D eigenvalue weighted by Gasteiger charge is -2.18. The molecule has 0 unspecified atom stereocenters. The van der Waals surface area contributed by atoms with Crippen molar-refractivity contribution in [3.8, 4) is 0 Å². The van der Waals surface area contributed by atoms with Gasteiger partial charge in [-0.15, -0.1) is 0 Å². The Kier molecular flexibility index (Phi) is 4.57. The summed E-state index contributed by atoms with van der Waals surface area (Å²) in [5.74, 6) is 0. The molecule has 2 N–H and O–H groups in total. The van der Waals surface area contributed by atoms with E-state index < -0.39 is 24.5 Å². The van der Waals surface area contributed by atoms with Crippen molar-refractivity contribution >= 4 is 45.8 Å². The standard InChI is InChI=1S/C12H10Cl3N5O3/c13-4-1-6-7(2-5(4)14)20(12(15)18-6)11-10(22)9(21)8(23-11)3-17-19-16/h1-2,8-11,21-22H,3H2/t8-,9-,10-,11-/m1/s1. The summed E-state index contributed by atoms with van der Waals surface area (Å²) >= 11 is 18.1. The van der Waals surface area contributed by atoms with Crippen molar-refractivity contribution in [3.05, 3.63) is 37.9 Å². The van der Waals surface area contributed by atoms with Crippen LogP contribution in [0.15, 0.2) is 17.2 Å². The Morgan fingerprint density at radius 3 is 2.65 bits per heavy atom. The number of hydrogen-bond acceptors (Lipinski definition) is 5. The van der Waals surface area contributed by atoms with Gasteiger partial charge in [-0.25, -0.2) is 4.98 Å². The predicted octanol–water partition coefficient (Wildman–Crippen LogP) is 2.93. The molecular weight excluding hydrogens is 369 g/mol. The molecule has 3 rings (SSSR count). The third-order valence-electron chi connectivity index (χ3n) is 3.61. The molecule has 1 saturated heterocycles. The Labute approximate surface area is 144 Å². The van der Waals surface area contributed by atoms with Gasteiger partial charge in [0, 0.05) is 4.91 Å². The minimum atomic E-state index is -1.28. The minimum absolute atomic E-state index is 0.0408. The number of nitrogens with zero attached hydrogens (tertiary/aromatic N) is 5. The molecule has 2 aromatic rings. The van der Waals surface area contributed by atoms with Gasteiger partial charge in [-0.1, -0.05) is 28.3 Å². The molecule has 1 aliphatic heterocycles. The Hall–Kier alpha value is -1.25. The van der Waals surface area contributed by atoms with Gasteiger partial charge in [0.2, 0.25) is 5.28 Å². The molecule has 0 bridgehead atoms. The van der Waals surface area contributed by atoms with Crippen molar-refractivity contribution in [1.29, 1.82) is 0 Å². The number of halogens is 3. The Morgan fingerprint density at radius 1 is 1.26 bits per heavy atom. The maximum absolute atomic E-state index is 10.2. The van der Waals surface area contributed by atoms with Gasteiger partial charge < -0.3 is 14.9 Å². The predicted molar refractivity (Wildman–Crippen MR) is 84.7 cm³/mol. The number of fused-ring (bicyclic) bond motifs is 1. The highest BCUT2D eigenvalue weighted by molar-refractivity contribution is 6.42. The number of hydrogen-bond donors (Lipinski definition) is 2. The van der Waals surface area contributed by atoms with Gasteiger partial charge in [0.1, 0.15) is 12.2 Å². The highest BCUT2D eigenvalue weighted by Gasteiger charge is 2.44. The lowest BCUT2D eigenvalue weighted by Crippen LogP contribution is -2.32. The molecule has 4 atom stereocenters. The van der Waals surface area contributed by atoms with E-state index in [2.05, 4.69) is 15.0 Å². The lowest BCUT2D eigenvalue weighted by atomic mass is 10.1. The van der Waals surface area contributed by atoms with Gasteiger partial charge in [0.15, 0.2) is 6.23 Å². The smallest absolute Gasteiger partial charge is 0.206 e. The molecule has 2 heterocycles. The maximum atomic E-state index is 10.2. The van der Waals surface area contributed by atoms with Crippen molar-refractivity contribution in [1.82, 2.24) is 9.55 Å². The molecule has 23 heavy (non-hydrogen) atoms. The summed E-state index contributed by atoms with van der Waals surface area (Å²) in [5.41, 5.74) is 9.32. The van der Waals surface area contributed by atoms with Crippen LogP contribution in [0.25, 0.3) is 21.5 Å².